The molecule has 8 heteroatoms. The summed E-state index contributed by atoms with van der Waals surface area (Å²) in [6.45, 7) is 4.88. The molecule has 166 valence electrons. The van der Waals surface area contributed by atoms with Gasteiger partial charge in [0.05, 0.1) is 33.7 Å². The number of fused-ring (bicyclic) bond motifs is 1. The van der Waals surface area contributed by atoms with Crippen LogP contribution in [-0.2, 0) is 23.5 Å². The third-order valence-corrected chi connectivity index (χ3v) is 5.27. The number of hydrogen-bond donors (Lipinski definition) is 1. The monoisotopic (exact) mass is 433 g/mol. The van der Waals surface area contributed by atoms with Gasteiger partial charge in [-0.3, -0.25) is 0 Å². The molecule has 2 aromatic rings. The first-order valence-electron chi connectivity index (χ1n) is 10.3. The van der Waals surface area contributed by atoms with Crippen LogP contribution in [0.1, 0.15) is 30.8 Å². The summed E-state index contributed by atoms with van der Waals surface area (Å²) in [6.07, 6.45) is 1.67. The molecule has 0 radical (unpaired) electrons. The number of nitrogens with zero attached hydrogens (tertiary/aromatic N) is 4. The number of methoxy groups -OCH3 is 2. The second kappa shape index (κ2) is 8.84. The van der Waals surface area contributed by atoms with Gasteiger partial charge in [0, 0.05) is 0 Å². The summed E-state index contributed by atoms with van der Waals surface area (Å²) >= 11 is 0. The Balaban J connectivity index is 1.63. The van der Waals surface area contributed by atoms with Crippen molar-refractivity contribution in [3.05, 3.63) is 71.8 Å². The van der Waals surface area contributed by atoms with E-state index in [-0.39, 0.29) is 0 Å². The number of ether oxygens (including phenoxy) is 3. The van der Waals surface area contributed by atoms with Crippen molar-refractivity contribution in [1.82, 2.24) is 19.5 Å². The molecule has 0 unspecified atom stereocenters. The van der Waals surface area contributed by atoms with Crippen molar-refractivity contribution in [1.29, 1.82) is 0 Å². The van der Waals surface area contributed by atoms with Crippen LogP contribution in [-0.4, -0.2) is 33.7 Å². The van der Waals surface area contributed by atoms with Gasteiger partial charge in [-0.1, -0.05) is 36.4 Å². The predicted octanol–water partition coefficient (Wildman–Crippen LogP) is 3.88. The van der Waals surface area contributed by atoms with E-state index >= 15 is 0 Å². The summed E-state index contributed by atoms with van der Waals surface area (Å²) in [6, 6.07) is 15.8. The van der Waals surface area contributed by atoms with Crippen molar-refractivity contribution >= 4 is 5.82 Å². The van der Waals surface area contributed by atoms with Crippen LogP contribution in [0.5, 0.6) is 11.5 Å². The van der Waals surface area contributed by atoms with Gasteiger partial charge < -0.3 is 24.5 Å². The van der Waals surface area contributed by atoms with E-state index < -0.39 is 5.60 Å². The van der Waals surface area contributed by atoms with Crippen LogP contribution >= 0.6 is 0 Å². The van der Waals surface area contributed by atoms with E-state index in [2.05, 4.69) is 9.97 Å². The van der Waals surface area contributed by atoms with E-state index in [1.54, 1.807) is 20.5 Å². The summed E-state index contributed by atoms with van der Waals surface area (Å²) in [5, 5.41) is 0. The van der Waals surface area contributed by atoms with Gasteiger partial charge in [0.15, 0.2) is 34.7 Å². The maximum Gasteiger partial charge on any atom is 0.166 e. The Bertz CT molecular complexity index is 1170. The number of benzene rings is 2. The fourth-order valence-electron chi connectivity index (χ4n) is 3.42. The fraction of sp³-hybridized carbons (Fsp3) is 0.292. The average molecular weight is 434 g/mol. The van der Waals surface area contributed by atoms with Gasteiger partial charge in [-0.25, -0.2) is 15.0 Å². The largest absolute Gasteiger partial charge is 0.493 e. The third kappa shape index (κ3) is 4.36. The van der Waals surface area contributed by atoms with Crippen molar-refractivity contribution in [2.75, 3.05) is 20.0 Å². The summed E-state index contributed by atoms with van der Waals surface area (Å²) in [5.41, 5.74) is 8.06. The minimum absolute atomic E-state index is 0.334. The first-order valence-corrected chi connectivity index (χ1v) is 10.3. The van der Waals surface area contributed by atoms with E-state index in [1.807, 2.05) is 66.9 Å². The summed E-state index contributed by atoms with van der Waals surface area (Å²) in [4.78, 5) is 13.8. The molecule has 0 saturated carbocycles. The van der Waals surface area contributed by atoms with E-state index in [0.29, 0.717) is 47.8 Å². The lowest BCUT2D eigenvalue weighted by atomic mass is 10.1. The van der Waals surface area contributed by atoms with E-state index in [4.69, 9.17) is 24.9 Å². The molecule has 0 aliphatic carbocycles. The molecule has 0 aromatic heterocycles. The number of nitrogens with two attached hydrogens (primary N) is 1. The van der Waals surface area contributed by atoms with Crippen LogP contribution in [0.4, 0.5) is 5.82 Å². The highest BCUT2D eigenvalue weighted by atomic mass is 16.5. The Labute approximate surface area is 187 Å². The van der Waals surface area contributed by atoms with E-state index in [1.165, 1.54) is 0 Å². The van der Waals surface area contributed by atoms with Crippen LogP contribution in [0.15, 0.2) is 54.9 Å². The summed E-state index contributed by atoms with van der Waals surface area (Å²) < 4.78 is 18.8. The number of nitrogen functional groups attached to an aromatic ring is 1. The van der Waals surface area contributed by atoms with Gasteiger partial charge >= 0.3 is 0 Å². The molecule has 0 spiro atoms. The van der Waals surface area contributed by atoms with Gasteiger partial charge in [-0.2, -0.15) is 0 Å². The third-order valence-electron chi connectivity index (χ3n) is 5.27. The number of anilines is 1. The molecule has 2 N–H and O–H groups in total. The Hall–Kier alpha value is -3.65. The Kier molecular flexibility index (Phi) is 5.96. The maximum atomic E-state index is 6.16. The quantitative estimate of drug-likeness (QED) is 0.450. The van der Waals surface area contributed by atoms with Crippen LogP contribution in [0.2, 0.25) is 0 Å². The minimum Gasteiger partial charge on any atom is -0.493 e. The zero-order valence-electron chi connectivity index (χ0n) is 18.7. The van der Waals surface area contributed by atoms with E-state index in [0.717, 1.165) is 11.1 Å². The summed E-state index contributed by atoms with van der Waals surface area (Å²) in [7, 11) is 3.23. The molecule has 2 aromatic carbocycles. The van der Waals surface area contributed by atoms with Gasteiger partial charge in [-0.15, -0.1) is 0 Å². The lowest BCUT2D eigenvalue weighted by Gasteiger charge is -2.22. The molecule has 0 fully saturated rings. The lowest BCUT2D eigenvalue weighted by Crippen LogP contribution is -2.23. The molecule has 2 heterocycles. The van der Waals surface area contributed by atoms with Gasteiger partial charge in [0.25, 0.3) is 0 Å². The molecule has 2 aliphatic heterocycles. The molecule has 8 nitrogen and oxygen atoms in total. The zero-order valence-corrected chi connectivity index (χ0v) is 18.7. The zero-order chi connectivity index (χ0) is 22.7. The average Bonchev–Trinajstić information content (AvgIpc) is 3.28. The maximum absolute atomic E-state index is 6.16. The highest BCUT2D eigenvalue weighted by Gasteiger charge is 2.30. The molecule has 0 atom stereocenters. The predicted molar refractivity (Wildman–Crippen MR) is 122 cm³/mol. The smallest absolute Gasteiger partial charge is 0.166 e. The molecule has 0 bridgehead atoms. The Morgan fingerprint density at radius 2 is 1.69 bits per heavy atom. The van der Waals surface area contributed by atoms with Crippen LogP contribution in [0.25, 0.3) is 11.5 Å². The molecule has 2 aliphatic rings. The van der Waals surface area contributed by atoms with Crippen LogP contribution in [0, 0.1) is 0 Å². The van der Waals surface area contributed by atoms with Crippen LogP contribution < -0.4 is 15.2 Å². The number of hydrogen-bond acceptors (Lipinski definition) is 7. The SMILES string of the molecule is COc1ccc(Cn2cnc(N)c3nc(C(C)(C)OCc4ccccc4)nc2-3)cc1OC. The van der Waals surface area contributed by atoms with Crippen molar-refractivity contribution < 1.29 is 14.2 Å². The van der Waals surface area contributed by atoms with Crippen LogP contribution in [0.3, 0.4) is 0 Å². The molecular weight excluding hydrogens is 406 g/mol. The molecule has 4 rings (SSSR count). The van der Waals surface area contributed by atoms with Crippen molar-refractivity contribution in [3.8, 4) is 23.0 Å². The second-order valence-corrected chi connectivity index (χ2v) is 7.95. The van der Waals surface area contributed by atoms with Gasteiger partial charge in [-0.05, 0) is 37.1 Å². The Morgan fingerprint density at radius 1 is 0.938 bits per heavy atom. The molecular formula is C24H27N5O3. The highest BCUT2D eigenvalue weighted by molar-refractivity contribution is 5.65. The first-order chi connectivity index (χ1) is 15.4. The van der Waals surface area contributed by atoms with Crippen molar-refractivity contribution in [2.24, 2.45) is 0 Å². The normalized spacial score (nSPS) is 11.6. The Morgan fingerprint density at radius 3 is 2.41 bits per heavy atom. The van der Waals surface area contributed by atoms with Crippen molar-refractivity contribution in [2.45, 2.75) is 32.6 Å². The lowest BCUT2D eigenvalue weighted by molar-refractivity contribution is -0.0393. The highest BCUT2D eigenvalue weighted by Crippen LogP contribution is 2.32. The van der Waals surface area contributed by atoms with E-state index in [9.17, 15) is 0 Å². The first kappa shape index (κ1) is 21.6. The summed E-state index contributed by atoms with van der Waals surface area (Å²) in [5.74, 6) is 2.88. The standard InChI is InChI=1S/C24H27N5O3/c1-24(2,32-14-16-8-6-5-7-9-16)23-27-20-21(25)26-15-29(22(20)28-23)13-17-10-11-18(30-3)19(12-17)31-4/h5-12,15H,13-14,25H2,1-4H3. The number of imidazole rings is 1. The second-order valence-electron chi connectivity index (χ2n) is 7.95. The fourth-order valence-corrected chi connectivity index (χ4v) is 3.42. The number of rotatable bonds is 8. The minimum atomic E-state index is -0.706. The van der Waals surface area contributed by atoms with Crippen molar-refractivity contribution in [3.63, 3.8) is 0 Å². The molecule has 0 saturated heterocycles. The topological polar surface area (TPSA) is 97.3 Å². The molecule has 0 amide bonds. The van der Waals surface area contributed by atoms with Gasteiger partial charge in [0.2, 0.25) is 0 Å². The molecule has 32 heavy (non-hydrogen) atoms. The van der Waals surface area contributed by atoms with Gasteiger partial charge in [0.1, 0.15) is 5.60 Å². The number of aromatic nitrogens is 4.